The SMILES string of the molecule is CCCC[C@H](C)CP1(=O)O[C@H](c2ccccc2)[C@H](C)N1C(c1ccccc1)(c1ccccc1)c1ccccc1. The van der Waals surface area contributed by atoms with E-state index in [1.807, 2.05) is 36.4 Å². The first kappa shape index (κ1) is 27.6. The molecule has 0 spiro atoms. The van der Waals surface area contributed by atoms with E-state index < -0.39 is 13.1 Å². The van der Waals surface area contributed by atoms with E-state index in [0.29, 0.717) is 6.16 Å². The summed E-state index contributed by atoms with van der Waals surface area (Å²) < 4.78 is 24.7. The van der Waals surface area contributed by atoms with Crippen molar-refractivity contribution in [3.63, 3.8) is 0 Å². The Morgan fingerprint density at radius 1 is 0.769 bits per heavy atom. The Balaban J connectivity index is 1.79. The van der Waals surface area contributed by atoms with Gasteiger partial charge >= 0.3 is 0 Å². The molecular weight excluding hydrogens is 497 g/mol. The van der Waals surface area contributed by atoms with Crippen LogP contribution < -0.4 is 0 Å². The van der Waals surface area contributed by atoms with Gasteiger partial charge in [0.05, 0.1) is 0 Å². The van der Waals surface area contributed by atoms with Gasteiger partial charge < -0.3 is 4.52 Å². The van der Waals surface area contributed by atoms with E-state index >= 15 is 4.57 Å². The Morgan fingerprint density at radius 3 is 1.64 bits per heavy atom. The van der Waals surface area contributed by atoms with Gasteiger partial charge in [0.2, 0.25) is 0 Å². The molecule has 4 aromatic rings. The maximum Gasteiger partial charge on any atom is 0.274 e. The molecule has 1 fully saturated rings. The zero-order chi connectivity index (χ0) is 27.3. The Morgan fingerprint density at radius 2 is 1.21 bits per heavy atom. The quantitative estimate of drug-likeness (QED) is 0.149. The summed E-state index contributed by atoms with van der Waals surface area (Å²) in [5.41, 5.74) is 3.54. The highest BCUT2D eigenvalue weighted by atomic mass is 31.2. The Kier molecular flexibility index (Phi) is 8.52. The molecule has 1 unspecified atom stereocenters. The van der Waals surface area contributed by atoms with E-state index in [1.165, 1.54) is 0 Å². The third-order valence-corrected chi connectivity index (χ3v) is 11.0. The van der Waals surface area contributed by atoms with Crippen LogP contribution in [0.3, 0.4) is 0 Å². The molecule has 0 amide bonds. The summed E-state index contributed by atoms with van der Waals surface area (Å²) in [6.07, 6.45) is 3.52. The zero-order valence-corrected chi connectivity index (χ0v) is 24.2. The van der Waals surface area contributed by atoms with Crippen LogP contribution in [-0.2, 0) is 14.6 Å². The molecule has 1 heterocycles. The number of benzene rings is 4. The van der Waals surface area contributed by atoms with Gasteiger partial charge in [-0.3, -0.25) is 4.57 Å². The molecule has 202 valence electrons. The van der Waals surface area contributed by atoms with Crippen LogP contribution in [0.2, 0.25) is 0 Å². The number of unbranched alkanes of at least 4 members (excludes halogenated alkanes) is 1. The van der Waals surface area contributed by atoms with Gasteiger partial charge in [-0.25, -0.2) is 4.67 Å². The summed E-state index contributed by atoms with van der Waals surface area (Å²) in [6.45, 7) is 6.64. The van der Waals surface area contributed by atoms with Crippen LogP contribution in [0.4, 0.5) is 0 Å². The molecular formula is C35H40NO2P. The van der Waals surface area contributed by atoms with Crippen molar-refractivity contribution < 1.29 is 9.09 Å². The standard InChI is InChI=1S/C35H40NO2P/c1-4-5-18-28(2)27-39(37)36(29(3)34(38-39)30-19-10-6-11-20-30)35(31-21-12-7-13-22-31,32-23-14-8-15-24-32)33-25-16-9-17-26-33/h6-17,19-26,28-29,34H,4-5,18,27H2,1-3H3/t28-,29-,34-,39?/m0/s1. The molecule has 0 aliphatic carbocycles. The predicted molar refractivity (Wildman–Crippen MR) is 162 cm³/mol. The summed E-state index contributed by atoms with van der Waals surface area (Å²) in [5.74, 6) is 0.278. The van der Waals surface area contributed by atoms with Crippen molar-refractivity contribution >= 4 is 7.52 Å². The van der Waals surface area contributed by atoms with Crippen molar-refractivity contribution in [2.75, 3.05) is 6.16 Å². The summed E-state index contributed by atoms with van der Waals surface area (Å²) in [5, 5.41) is 0. The second-order valence-electron chi connectivity index (χ2n) is 10.9. The molecule has 5 rings (SSSR count). The van der Waals surface area contributed by atoms with Crippen molar-refractivity contribution in [3.05, 3.63) is 144 Å². The zero-order valence-electron chi connectivity index (χ0n) is 23.3. The topological polar surface area (TPSA) is 29.5 Å². The van der Waals surface area contributed by atoms with E-state index in [2.05, 4.69) is 110 Å². The molecule has 0 bridgehead atoms. The lowest BCUT2D eigenvalue weighted by Crippen LogP contribution is -2.49. The van der Waals surface area contributed by atoms with Gasteiger partial charge in [-0.2, -0.15) is 0 Å². The van der Waals surface area contributed by atoms with Gasteiger partial charge in [-0.05, 0) is 35.1 Å². The molecule has 1 aliphatic rings. The Bertz CT molecular complexity index is 1260. The van der Waals surface area contributed by atoms with Gasteiger partial charge in [0.15, 0.2) is 0 Å². The molecule has 0 aromatic heterocycles. The average Bonchev–Trinajstić information content (AvgIpc) is 3.24. The fraction of sp³-hybridized carbons (Fsp3) is 0.314. The van der Waals surface area contributed by atoms with Crippen LogP contribution in [0.5, 0.6) is 0 Å². The molecule has 1 saturated heterocycles. The average molecular weight is 538 g/mol. The van der Waals surface area contributed by atoms with Crippen LogP contribution >= 0.6 is 7.52 Å². The first-order chi connectivity index (χ1) is 19.0. The van der Waals surface area contributed by atoms with Gasteiger partial charge in [0.25, 0.3) is 7.52 Å². The highest BCUT2D eigenvalue weighted by Gasteiger charge is 2.59. The maximum absolute atomic E-state index is 15.6. The molecule has 0 radical (unpaired) electrons. The number of hydrogen-bond acceptors (Lipinski definition) is 2. The second kappa shape index (κ2) is 12.0. The monoisotopic (exact) mass is 537 g/mol. The lowest BCUT2D eigenvalue weighted by atomic mass is 9.76. The van der Waals surface area contributed by atoms with Gasteiger partial charge in [0.1, 0.15) is 11.6 Å². The molecule has 4 aromatic carbocycles. The molecule has 39 heavy (non-hydrogen) atoms. The molecule has 4 heteroatoms. The normalized spacial score (nSPS) is 22.5. The van der Waals surface area contributed by atoms with Crippen LogP contribution in [0.15, 0.2) is 121 Å². The summed E-state index contributed by atoms with van der Waals surface area (Å²) >= 11 is 0. The smallest absolute Gasteiger partial charge is 0.274 e. The van der Waals surface area contributed by atoms with Gasteiger partial charge in [0, 0.05) is 12.2 Å². The third-order valence-electron chi connectivity index (χ3n) is 8.07. The van der Waals surface area contributed by atoms with E-state index in [9.17, 15) is 0 Å². The van der Waals surface area contributed by atoms with Crippen LogP contribution in [0.25, 0.3) is 0 Å². The first-order valence-electron chi connectivity index (χ1n) is 14.3. The van der Waals surface area contributed by atoms with Crippen LogP contribution in [0, 0.1) is 5.92 Å². The maximum atomic E-state index is 15.6. The molecule has 0 saturated carbocycles. The van der Waals surface area contributed by atoms with Crippen molar-refractivity contribution in [2.24, 2.45) is 5.92 Å². The van der Waals surface area contributed by atoms with Crippen molar-refractivity contribution in [1.29, 1.82) is 0 Å². The molecule has 3 nitrogen and oxygen atoms in total. The van der Waals surface area contributed by atoms with Crippen molar-refractivity contribution in [1.82, 2.24) is 4.67 Å². The summed E-state index contributed by atoms with van der Waals surface area (Å²) in [7, 11) is -3.34. The lowest BCUT2D eigenvalue weighted by Gasteiger charge is -2.47. The van der Waals surface area contributed by atoms with Crippen LogP contribution in [-0.4, -0.2) is 16.9 Å². The first-order valence-corrected chi connectivity index (χ1v) is 16.1. The number of rotatable bonds is 10. The third kappa shape index (κ3) is 5.29. The predicted octanol–water partition coefficient (Wildman–Crippen LogP) is 9.46. The number of hydrogen-bond donors (Lipinski definition) is 0. The molecule has 0 N–H and O–H groups in total. The van der Waals surface area contributed by atoms with E-state index in [4.69, 9.17) is 4.52 Å². The Hall–Kier alpha value is -2.97. The van der Waals surface area contributed by atoms with E-state index in [1.54, 1.807) is 0 Å². The Labute approximate surface area is 234 Å². The van der Waals surface area contributed by atoms with E-state index in [0.717, 1.165) is 41.5 Å². The lowest BCUT2D eigenvalue weighted by molar-refractivity contribution is 0.177. The minimum Gasteiger partial charge on any atom is -0.307 e. The summed E-state index contributed by atoms with van der Waals surface area (Å²) in [6, 6.07) is 41.9. The van der Waals surface area contributed by atoms with Crippen molar-refractivity contribution in [3.8, 4) is 0 Å². The minimum absolute atomic E-state index is 0.141. The second-order valence-corrected chi connectivity index (χ2v) is 13.2. The molecule has 4 atom stereocenters. The fourth-order valence-electron chi connectivity index (χ4n) is 6.34. The van der Waals surface area contributed by atoms with Crippen molar-refractivity contribution in [2.45, 2.75) is 57.7 Å². The van der Waals surface area contributed by atoms with Gasteiger partial charge in [-0.1, -0.05) is 154 Å². The van der Waals surface area contributed by atoms with Crippen LogP contribution in [0.1, 0.15) is 68.4 Å². The minimum atomic E-state index is -3.34. The fourth-order valence-corrected chi connectivity index (χ4v) is 9.81. The molecule has 1 aliphatic heterocycles. The van der Waals surface area contributed by atoms with Gasteiger partial charge in [-0.15, -0.1) is 0 Å². The largest absolute Gasteiger partial charge is 0.307 e. The summed E-state index contributed by atoms with van der Waals surface area (Å²) in [4.78, 5) is 0. The highest BCUT2D eigenvalue weighted by molar-refractivity contribution is 7.56. The van der Waals surface area contributed by atoms with E-state index in [-0.39, 0.29) is 18.1 Å². The highest BCUT2D eigenvalue weighted by Crippen LogP contribution is 2.70. The number of nitrogens with zero attached hydrogens (tertiary/aromatic N) is 1.